The number of carbonyl (C=O) groups is 2. The number of amides is 1. The number of H-pyrrole nitrogens is 1. The summed E-state index contributed by atoms with van der Waals surface area (Å²) in [5.41, 5.74) is 1.67. The zero-order valence-electron chi connectivity index (χ0n) is 16.5. The predicted octanol–water partition coefficient (Wildman–Crippen LogP) is 4.22. The van der Waals surface area contributed by atoms with E-state index in [1.54, 1.807) is 13.1 Å². The van der Waals surface area contributed by atoms with Crippen LogP contribution in [0.25, 0.3) is 10.9 Å². The third-order valence-corrected chi connectivity index (χ3v) is 6.08. The molecule has 14 heteroatoms. The Balaban J connectivity index is 0.000000360. The maximum absolute atomic E-state index is 11.2. The zero-order chi connectivity index (χ0) is 23.5. The zero-order valence-corrected chi connectivity index (χ0v) is 18.1. The number of aromatic amines is 1. The van der Waals surface area contributed by atoms with Gasteiger partial charge >= 0.3 is 12.1 Å². The molecule has 2 heterocycles. The van der Waals surface area contributed by atoms with Crippen LogP contribution in [-0.2, 0) is 9.59 Å². The van der Waals surface area contributed by atoms with Gasteiger partial charge in [-0.1, -0.05) is 22.9 Å². The number of nitrogens with one attached hydrogen (secondary N) is 3. The number of alkyl halides is 3. The van der Waals surface area contributed by atoms with Crippen molar-refractivity contribution >= 4 is 56.5 Å². The van der Waals surface area contributed by atoms with Crippen LogP contribution in [0.3, 0.4) is 0 Å². The minimum atomic E-state index is -5.08. The van der Waals surface area contributed by atoms with Crippen molar-refractivity contribution in [3.63, 3.8) is 0 Å². The molecule has 1 amide bonds. The number of aliphatic carboxylic acids is 1. The third-order valence-electron chi connectivity index (χ3n) is 4.67. The van der Waals surface area contributed by atoms with Crippen molar-refractivity contribution in [2.45, 2.75) is 44.3 Å². The maximum atomic E-state index is 11.2. The predicted molar refractivity (Wildman–Crippen MR) is 112 cm³/mol. The van der Waals surface area contributed by atoms with Crippen molar-refractivity contribution in [3.05, 3.63) is 28.4 Å². The highest BCUT2D eigenvalue weighted by Gasteiger charge is 2.38. The van der Waals surface area contributed by atoms with E-state index >= 15 is 0 Å². The van der Waals surface area contributed by atoms with Crippen LogP contribution in [0.4, 0.5) is 24.0 Å². The molecule has 172 valence electrons. The molecule has 1 aliphatic rings. The minimum Gasteiger partial charge on any atom is -0.475 e. The summed E-state index contributed by atoms with van der Waals surface area (Å²) in [6, 6.07) is 4.06. The van der Waals surface area contributed by atoms with Gasteiger partial charge in [0.2, 0.25) is 11.0 Å². The fourth-order valence-corrected chi connectivity index (χ4v) is 4.43. The van der Waals surface area contributed by atoms with Gasteiger partial charge in [0.05, 0.1) is 22.4 Å². The number of rotatable bonds is 4. The summed E-state index contributed by atoms with van der Waals surface area (Å²) >= 11 is 7.96. The van der Waals surface area contributed by atoms with Gasteiger partial charge in [0, 0.05) is 24.3 Å². The van der Waals surface area contributed by atoms with Gasteiger partial charge < -0.3 is 15.7 Å². The van der Waals surface area contributed by atoms with Crippen LogP contribution in [-0.4, -0.2) is 49.6 Å². The van der Waals surface area contributed by atoms with Gasteiger partial charge in [0.25, 0.3) is 0 Å². The minimum absolute atomic E-state index is 0.0227. The number of carboxylic acid groups (broad SMARTS) is 1. The van der Waals surface area contributed by atoms with Crippen LogP contribution in [0.1, 0.15) is 37.1 Å². The normalized spacial score (nSPS) is 18.2. The lowest BCUT2D eigenvalue weighted by Crippen LogP contribution is -2.30. The number of aromatic nitrogens is 4. The van der Waals surface area contributed by atoms with Crippen LogP contribution >= 0.6 is 22.9 Å². The molecule has 1 saturated carbocycles. The molecular formula is C18H18ClF3N6O3S. The second-order valence-electron chi connectivity index (χ2n) is 7.04. The summed E-state index contributed by atoms with van der Waals surface area (Å²) in [4.78, 5) is 20.1. The lowest BCUT2D eigenvalue weighted by Gasteiger charge is -2.10. The Bertz CT molecular complexity index is 1120. The lowest BCUT2D eigenvalue weighted by atomic mass is 10.1. The highest BCUT2D eigenvalue weighted by molar-refractivity contribution is 7.15. The van der Waals surface area contributed by atoms with E-state index < -0.39 is 12.1 Å². The standard InChI is InChI=1S/C16H17ClN6OS.C2HF3O2/c1-8(24)19-10-3-2-9(6-10)15-22-23-16(25-15)20-13-5-4-12-11(14(13)17)7-18-21-12;3-2(4,5)1(6)7/h4-5,7,9-10H,2-3,6H2,1H3,(H,18,21)(H,19,24)(H,20,23);(H,6,7)/t9-,10+;/m0./s1. The number of benzene rings is 1. The Labute approximate surface area is 188 Å². The Morgan fingerprint density at radius 1 is 1.28 bits per heavy atom. The van der Waals surface area contributed by atoms with Crippen LogP contribution in [0, 0.1) is 0 Å². The number of anilines is 2. The molecule has 4 N–H and O–H groups in total. The summed E-state index contributed by atoms with van der Waals surface area (Å²) in [6.45, 7) is 1.56. The number of nitrogens with zero attached hydrogens (tertiary/aromatic N) is 3. The molecule has 0 spiro atoms. The number of hydrogen-bond donors (Lipinski definition) is 4. The smallest absolute Gasteiger partial charge is 0.475 e. The molecule has 0 bridgehead atoms. The molecule has 1 aromatic carbocycles. The van der Waals surface area contributed by atoms with E-state index in [0.717, 1.165) is 40.9 Å². The van der Waals surface area contributed by atoms with Crippen molar-refractivity contribution in [3.8, 4) is 0 Å². The largest absolute Gasteiger partial charge is 0.490 e. The first-order chi connectivity index (χ1) is 15.0. The van der Waals surface area contributed by atoms with E-state index in [1.165, 1.54) is 11.3 Å². The Morgan fingerprint density at radius 3 is 2.66 bits per heavy atom. The lowest BCUT2D eigenvalue weighted by molar-refractivity contribution is -0.192. The average Bonchev–Trinajstić information content (AvgIpc) is 3.44. The van der Waals surface area contributed by atoms with Gasteiger partial charge in [-0.15, -0.1) is 10.2 Å². The van der Waals surface area contributed by atoms with Crippen LogP contribution < -0.4 is 10.6 Å². The fraction of sp³-hybridized carbons (Fsp3) is 0.389. The van der Waals surface area contributed by atoms with Gasteiger partial charge in [0.15, 0.2) is 0 Å². The first kappa shape index (κ1) is 23.7. The third kappa shape index (κ3) is 5.85. The van der Waals surface area contributed by atoms with Gasteiger partial charge in [0.1, 0.15) is 5.01 Å². The Kier molecular flexibility index (Phi) is 7.19. The average molecular weight is 491 g/mol. The Hall–Kier alpha value is -2.93. The Morgan fingerprint density at radius 2 is 2.00 bits per heavy atom. The first-order valence-electron chi connectivity index (χ1n) is 9.33. The molecular weight excluding hydrogens is 473 g/mol. The monoisotopic (exact) mass is 490 g/mol. The van der Waals surface area contributed by atoms with E-state index in [-0.39, 0.29) is 11.9 Å². The van der Waals surface area contributed by atoms with E-state index in [9.17, 15) is 18.0 Å². The SMILES string of the molecule is CC(=O)N[C@@H]1CC[C@H](c2nnc(Nc3ccc4[nH]ncc4c3Cl)s2)C1.O=C(O)C(F)(F)F. The molecule has 9 nitrogen and oxygen atoms in total. The molecule has 1 fully saturated rings. The first-order valence-corrected chi connectivity index (χ1v) is 10.5. The van der Waals surface area contributed by atoms with Crippen molar-refractivity contribution in [1.29, 1.82) is 0 Å². The number of carboxylic acids is 1. The number of halogens is 4. The summed E-state index contributed by atoms with van der Waals surface area (Å²) < 4.78 is 31.7. The molecule has 2 atom stereocenters. The molecule has 4 rings (SSSR count). The van der Waals surface area contributed by atoms with Crippen molar-refractivity contribution < 1.29 is 27.9 Å². The van der Waals surface area contributed by atoms with E-state index in [4.69, 9.17) is 21.5 Å². The molecule has 0 radical (unpaired) electrons. The second kappa shape index (κ2) is 9.69. The van der Waals surface area contributed by atoms with E-state index in [2.05, 4.69) is 31.0 Å². The van der Waals surface area contributed by atoms with Crippen LogP contribution in [0.5, 0.6) is 0 Å². The number of carbonyl (C=O) groups excluding carboxylic acids is 1. The molecule has 0 unspecified atom stereocenters. The van der Waals surface area contributed by atoms with Crippen molar-refractivity contribution in [1.82, 2.24) is 25.7 Å². The van der Waals surface area contributed by atoms with Crippen LogP contribution in [0.2, 0.25) is 5.02 Å². The van der Waals surface area contributed by atoms with E-state index in [1.807, 2.05) is 12.1 Å². The second-order valence-corrected chi connectivity index (χ2v) is 8.43. The topological polar surface area (TPSA) is 133 Å². The van der Waals surface area contributed by atoms with Crippen molar-refractivity contribution in [2.24, 2.45) is 0 Å². The van der Waals surface area contributed by atoms with Gasteiger partial charge in [-0.05, 0) is 31.4 Å². The maximum Gasteiger partial charge on any atom is 0.490 e. The summed E-state index contributed by atoms with van der Waals surface area (Å²) in [5.74, 6) is -2.39. The quantitative estimate of drug-likeness (QED) is 0.430. The molecule has 0 aliphatic heterocycles. The van der Waals surface area contributed by atoms with E-state index in [0.29, 0.717) is 16.1 Å². The van der Waals surface area contributed by atoms with Gasteiger partial charge in [-0.3, -0.25) is 9.89 Å². The summed E-state index contributed by atoms with van der Waals surface area (Å²) in [5, 5.41) is 32.0. The highest BCUT2D eigenvalue weighted by Crippen LogP contribution is 2.38. The van der Waals surface area contributed by atoms with Crippen molar-refractivity contribution in [2.75, 3.05) is 5.32 Å². The molecule has 3 aromatic rings. The highest BCUT2D eigenvalue weighted by atomic mass is 35.5. The van der Waals surface area contributed by atoms with Gasteiger partial charge in [-0.25, -0.2) is 4.79 Å². The van der Waals surface area contributed by atoms with Crippen LogP contribution in [0.15, 0.2) is 18.3 Å². The molecule has 32 heavy (non-hydrogen) atoms. The molecule has 0 saturated heterocycles. The fourth-order valence-electron chi connectivity index (χ4n) is 3.27. The summed E-state index contributed by atoms with van der Waals surface area (Å²) in [7, 11) is 0. The molecule has 1 aliphatic carbocycles. The number of fused-ring (bicyclic) bond motifs is 1. The molecule has 2 aromatic heterocycles. The summed E-state index contributed by atoms with van der Waals surface area (Å²) in [6.07, 6.45) is -0.470. The van der Waals surface area contributed by atoms with Gasteiger partial charge in [-0.2, -0.15) is 18.3 Å². The number of hydrogen-bond acceptors (Lipinski definition) is 7.